The van der Waals surface area contributed by atoms with Gasteiger partial charge in [-0.3, -0.25) is 0 Å². The second-order valence-corrected chi connectivity index (χ2v) is 14.5. The maximum atomic E-state index is 6.59. The SMILES string of the molecule is c1ccc(N(c2ccc(-c3cccc(-c4cccc5c4-n4c6ccccc6c6cccc(c64)O5)c3)cc2)c2ccc3c(c2)oc2ccc4ccccc4c23)cc1. The molecule has 0 atom stereocenters. The molecule has 0 bridgehead atoms. The molecule has 4 heteroatoms. The first-order valence-corrected chi connectivity index (χ1v) is 19.0. The number of anilines is 3. The number of ether oxygens (including phenoxy) is 1. The van der Waals surface area contributed by atoms with Crippen LogP contribution in [0.5, 0.6) is 11.5 Å². The summed E-state index contributed by atoms with van der Waals surface area (Å²) in [5, 5.41) is 7.11. The molecular weight excluding hydrogens is 685 g/mol. The van der Waals surface area contributed by atoms with Gasteiger partial charge in [-0.25, -0.2) is 0 Å². The van der Waals surface area contributed by atoms with Crippen LogP contribution in [0.4, 0.5) is 17.1 Å². The van der Waals surface area contributed by atoms with Gasteiger partial charge in [0.25, 0.3) is 0 Å². The maximum Gasteiger partial charge on any atom is 0.152 e. The van der Waals surface area contributed by atoms with E-state index in [1.165, 1.54) is 27.1 Å². The highest BCUT2D eigenvalue weighted by atomic mass is 16.5. The van der Waals surface area contributed by atoms with Gasteiger partial charge in [0.2, 0.25) is 0 Å². The van der Waals surface area contributed by atoms with Crippen molar-refractivity contribution < 1.29 is 9.15 Å². The third-order valence-electron chi connectivity index (χ3n) is 11.4. The standard InChI is InChI=1S/C52H32N2O2/c1-2-14-37(15-3-1)53(39-28-29-44-49(32-39)55-46-30-25-34-11-4-5-16-40(34)50(44)46)38-26-23-33(24-27-38)35-12-8-13-36(31-35)41-18-9-21-47-51(41)54-45-20-7-6-17-42(45)43-19-10-22-48(56-47)52(43)54/h1-32H. The van der Waals surface area contributed by atoms with E-state index >= 15 is 0 Å². The van der Waals surface area contributed by atoms with E-state index in [1.54, 1.807) is 0 Å². The molecule has 0 N–H and O–H groups in total. The largest absolute Gasteiger partial charge is 0.456 e. The van der Waals surface area contributed by atoms with E-state index in [1.807, 2.05) is 0 Å². The first-order chi connectivity index (χ1) is 27.8. The van der Waals surface area contributed by atoms with Crippen LogP contribution >= 0.6 is 0 Å². The van der Waals surface area contributed by atoms with Crippen molar-refractivity contribution in [3.63, 3.8) is 0 Å². The van der Waals surface area contributed by atoms with Crippen LogP contribution in [0.15, 0.2) is 199 Å². The Morgan fingerprint density at radius 2 is 1.12 bits per heavy atom. The van der Waals surface area contributed by atoms with E-state index < -0.39 is 0 Å². The van der Waals surface area contributed by atoms with Crippen molar-refractivity contribution in [2.24, 2.45) is 0 Å². The topological polar surface area (TPSA) is 30.5 Å². The Balaban J connectivity index is 0.943. The minimum absolute atomic E-state index is 0.855. The Hall–Kier alpha value is -7.56. The average Bonchev–Trinajstić information content (AvgIpc) is 3.81. The van der Waals surface area contributed by atoms with Crippen LogP contribution in [-0.4, -0.2) is 4.57 Å². The summed E-state index contributed by atoms with van der Waals surface area (Å²) in [7, 11) is 0. The molecule has 0 fully saturated rings. The summed E-state index contributed by atoms with van der Waals surface area (Å²) in [5.74, 6) is 1.74. The minimum atomic E-state index is 0.855. The Morgan fingerprint density at radius 3 is 2.04 bits per heavy atom. The van der Waals surface area contributed by atoms with Crippen molar-refractivity contribution in [2.75, 3.05) is 4.90 Å². The molecule has 4 nitrogen and oxygen atoms in total. The summed E-state index contributed by atoms with van der Waals surface area (Å²) in [5.41, 5.74) is 12.8. The van der Waals surface area contributed by atoms with Gasteiger partial charge in [0, 0.05) is 50.2 Å². The molecule has 0 saturated carbocycles. The number of hydrogen-bond donors (Lipinski definition) is 0. The Labute approximate surface area is 322 Å². The molecule has 0 spiro atoms. The van der Waals surface area contributed by atoms with Gasteiger partial charge in [0.1, 0.15) is 11.2 Å². The maximum absolute atomic E-state index is 6.59. The van der Waals surface area contributed by atoms with Gasteiger partial charge < -0.3 is 18.6 Å². The predicted molar refractivity (Wildman–Crippen MR) is 231 cm³/mol. The van der Waals surface area contributed by atoms with E-state index in [2.05, 4.69) is 204 Å². The molecule has 1 aliphatic heterocycles. The quantitative estimate of drug-likeness (QED) is 0.178. The van der Waals surface area contributed by atoms with E-state index in [4.69, 9.17) is 9.15 Å². The zero-order valence-electron chi connectivity index (χ0n) is 30.2. The second-order valence-electron chi connectivity index (χ2n) is 14.5. The molecular formula is C52H32N2O2. The Kier molecular flexibility index (Phi) is 6.60. The molecule has 262 valence electrons. The molecule has 11 aromatic rings. The van der Waals surface area contributed by atoms with Gasteiger partial charge in [-0.1, -0.05) is 121 Å². The molecule has 1 aliphatic rings. The van der Waals surface area contributed by atoms with Crippen LogP contribution < -0.4 is 9.64 Å². The first-order valence-electron chi connectivity index (χ1n) is 19.0. The lowest BCUT2D eigenvalue weighted by molar-refractivity contribution is 0.477. The van der Waals surface area contributed by atoms with E-state index in [0.717, 1.165) is 84.0 Å². The summed E-state index contributed by atoms with van der Waals surface area (Å²) in [6, 6.07) is 68.9. The predicted octanol–water partition coefficient (Wildman–Crippen LogP) is 14.7. The molecule has 2 aromatic heterocycles. The molecule has 0 saturated heterocycles. The zero-order valence-corrected chi connectivity index (χ0v) is 30.2. The van der Waals surface area contributed by atoms with E-state index in [9.17, 15) is 0 Å². The minimum Gasteiger partial charge on any atom is -0.456 e. The number of aromatic nitrogens is 1. The van der Waals surface area contributed by atoms with Crippen molar-refractivity contribution in [3.8, 4) is 39.4 Å². The van der Waals surface area contributed by atoms with Crippen LogP contribution in [-0.2, 0) is 0 Å². The third kappa shape index (κ3) is 4.60. The smallest absolute Gasteiger partial charge is 0.152 e. The molecule has 9 aromatic carbocycles. The van der Waals surface area contributed by atoms with Crippen molar-refractivity contribution in [1.29, 1.82) is 0 Å². The average molecular weight is 717 g/mol. The first kappa shape index (κ1) is 30.9. The lowest BCUT2D eigenvalue weighted by atomic mass is 9.97. The van der Waals surface area contributed by atoms with Crippen molar-refractivity contribution in [3.05, 3.63) is 194 Å². The highest BCUT2D eigenvalue weighted by Gasteiger charge is 2.26. The normalized spacial score (nSPS) is 12.1. The number of fused-ring (bicyclic) bond motifs is 10. The molecule has 56 heavy (non-hydrogen) atoms. The molecule has 0 radical (unpaired) electrons. The van der Waals surface area contributed by atoms with E-state index in [-0.39, 0.29) is 0 Å². The van der Waals surface area contributed by atoms with Crippen LogP contribution in [0.25, 0.3) is 82.5 Å². The molecule has 0 amide bonds. The lowest BCUT2D eigenvalue weighted by Crippen LogP contribution is -2.09. The second kappa shape index (κ2) is 12.0. The fourth-order valence-corrected chi connectivity index (χ4v) is 8.86. The van der Waals surface area contributed by atoms with Crippen LogP contribution in [0, 0.1) is 0 Å². The van der Waals surface area contributed by atoms with Gasteiger partial charge in [0.05, 0.1) is 16.7 Å². The molecule has 12 rings (SSSR count). The van der Waals surface area contributed by atoms with Crippen LogP contribution in [0.1, 0.15) is 0 Å². The number of furan rings is 1. The van der Waals surface area contributed by atoms with Gasteiger partial charge in [0.15, 0.2) is 11.5 Å². The molecule has 0 aliphatic carbocycles. The van der Waals surface area contributed by atoms with Crippen molar-refractivity contribution in [2.45, 2.75) is 0 Å². The number of rotatable bonds is 5. The summed E-state index contributed by atoms with van der Waals surface area (Å²) < 4.78 is 15.5. The Morgan fingerprint density at radius 1 is 0.411 bits per heavy atom. The van der Waals surface area contributed by atoms with E-state index in [0.29, 0.717) is 0 Å². The van der Waals surface area contributed by atoms with Crippen LogP contribution in [0.3, 0.4) is 0 Å². The summed E-state index contributed by atoms with van der Waals surface area (Å²) in [6.07, 6.45) is 0. The van der Waals surface area contributed by atoms with Crippen LogP contribution in [0.2, 0.25) is 0 Å². The fourth-order valence-electron chi connectivity index (χ4n) is 8.86. The zero-order chi connectivity index (χ0) is 36.7. The summed E-state index contributed by atoms with van der Waals surface area (Å²) in [6.45, 7) is 0. The molecule has 3 heterocycles. The number of nitrogens with zero attached hydrogens (tertiary/aromatic N) is 2. The Bertz CT molecular complexity index is 3340. The van der Waals surface area contributed by atoms with Crippen molar-refractivity contribution >= 4 is 71.6 Å². The fraction of sp³-hybridized carbons (Fsp3) is 0. The number of benzene rings is 9. The van der Waals surface area contributed by atoms with Gasteiger partial charge in [-0.15, -0.1) is 0 Å². The van der Waals surface area contributed by atoms with Gasteiger partial charge in [-0.2, -0.15) is 0 Å². The number of hydrogen-bond acceptors (Lipinski definition) is 3. The molecule has 0 unspecified atom stereocenters. The van der Waals surface area contributed by atoms with Gasteiger partial charge in [-0.05, 0) is 94.2 Å². The summed E-state index contributed by atoms with van der Waals surface area (Å²) >= 11 is 0. The third-order valence-corrected chi connectivity index (χ3v) is 11.4. The highest BCUT2D eigenvalue weighted by Crippen LogP contribution is 2.49. The van der Waals surface area contributed by atoms with Crippen molar-refractivity contribution in [1.82, 2.24) is 4.57 Å². The number of para-hydroxylation sites is 4. The lowest BCUT2D eigenvalue weighted by Gasteiger charge is -2.25. The summed E-state index contributed by atoms with van der Waals surface area (Å²) in [4.78, 5) is 2.29. The monoisotopic (exact) mass is 716 g/mol. The highest BCUT2D eigenvalue weighted by molar-refractivity contribution is 6.19. The van der Waals surface area contributed by atoms with Gasteiger partial charge >= 0.3 is 0 Å².